The smallest absolute Gasteiger partial charge is 0.145 e. The minimum absolute atomic E-state index is 0.341. The van der Waals surface area contributed by atoms with Crippen molar-refractivity contribution in [2.45, 2.75) is 0 Å². The van der Waals surface area contributed by atoms with Gasteiger partial charge in [-0.25, -0.2) is 4.98 Å². The normalized spacial score (nSPS) is 10.4. The predicted octanol–water partition coefficient (Wildman–Crippen LogP) is 4.40. The molecule has 0 aliphatic heterocycles. The number of hydrogen-bond donors (Lipinski definition) is 1. The molecule has 2 N–H and O–H groups in total. The van der Waals surface area contributed by atoms with Gasteiger partial charge in [0.1, 0.15) is 5.15 Å². The average Bonchev–Trinajstić information content (AvgIpc) is 2.28. The molecular formula is C11H7BrCl2N2. The number of rotatable bonds is 1. The molecule has 2 rings (SSSR count). The molecule has 0 saturated heterocycles. The van der Waals surface area contributed by atoms with Crippen LogP contribution in [0.5, 0.6) is 0 Å². The van der Waals surface area contributed by atoms with Gasteiger partial charge in [0.15, 0.2) is 0 Å². The molecule has 0 spiro atoms. The Morgan fingerprint density at radius 1 is 1.12 bits per heavy atom. The van der Waals surface area contributed by atoms with E-state index in [1.807, 2.05) is 18.2 Å². The number of nitrogens with two attached hydrogens (primary N) is 1. The summed E-state index contributed by atoms with van der Waals surface area (Å²) in [6.45, 7) is 0. The molecule has 1 aromatic carbocycles. The van der Waals surface area contributed by atoms with Crippen molar-refractivity contribution in [3.05, 3.63) is 45.1 Å². The molecule has 0 radical (unpaired) electrons. The highest BCUT2D eigenvalue weighted by Crippen LogP contribution is 2.37. The van der Waals surface area contributed by atoms with Crippen LogP contribution in [0.3, 0.4) is 0 Å². The number of aromatic nitrogens is 1. The van der Waals surface area contributed by atoms with Gasteiger partial charge in [0.25, 0.3) is 0 Å². The van der Waals surface area contributed by atoms with Crippen LogP contribution in [0.1, 0.15) is 0 Å². The highest BCUT2D eigenvalue weighted by atomic mass is 79.9. The zero-order valence-corrected chi connectivity index (χ0v) is 11.1. The van der Waals surface area contributed by atoms with E-state index in [-0.39, 0.29) is 0 Å². The topological polar surface area (TPSA) is 38.9 Å². The molecule has 2 nitrogen and oxygen atoms in total. The molecule has 0 unspecified atom stereocenters. The Hall–Kier alpha value is -0.770. The van der Waals surface area contributed by atoms with Gasteiger partial charge in [-0.1, -0.05) is 41.4 Å². The standard InChI is InChI=1S/C11H7BrCl2N2/c12-9-10(15)7(5-16-11(9)14)6-3-1-2-4-8(6)13/h1-5H,(H2,15,16). The zero-order valence-electron chi connectivity index (χ0n) is 8.05. The summed E-state index contributed by atoms with van der Waals surface area (Å²) >= 11 is 15.2. The van der Waals surface area contributed by atoms with Gasteiger partial charge in [-0.2, -0.15) is 0 Å². The first-order chi connectivity index (χ1) is 7.61. The van der Waals surface area contributed by atoms with Crippen molar-refractivity contribution < 1.29 is 0 Å². The molecule has 0 saturated carbocycles. The molecule has 2 aromatic rings. The Morgan fingerprint density at radius 2 is 1.81 bits per heavy atom. The lowest BCUT2D eigenvalue weighted by Gasteiger charge is -2.09. The van der Waals surface area contributed by atoms with Crippen molar-refractivity contribution >= 4 is 44.8 Å². The number of hydrogen-bond acceptors (Lipinski definition) is 2. The lowest BCUT2D eigenvalue weighted by molar-refractivity contribution is 1.31. The van der Waals surface area contributed by atoms with Crippen LogP contribution in [-0.4, -0.2) is 4.98 Å². The quantitative estimate of drug-likeness (QED) is 0.792. The highest BCUT2D eigenvalue weighted by molar-refractivity contribution is 9.10. The van der Waals surface area contributed by atoms with Crippen LogP contribution in [0.25, 0.3) is 11.1 Å². The molecule has 0 aliphatic rings. The average molecular weight is 318 g/mol. The van der Waals surface area contributed by atoms with Crippen LogP contribution in [0, 0.1) is 0 Å². The van der Waals surface area contributed by atoms with E-state index in [1.165, 1.54) is 0 Å². The Morgan fingerprint density at radius 3 is 2.50 bits per heavy atom. The van der Waals surface area contributed by atoms with Crippen LogP contribution < -0.4 is 5.73 Å². The van der Waals surface area contributed by atoms with Crippen LogP contribution in [0.15, 0.2) is 34.9 Å². The molecule has 1 heterocycles. The van der Waals surface area contributed by atoms with Crippen molar-refractivity contribution in [3.63, 3.8) is 0 Å². The van der Waals surface area contributed by atoms with Crippen molar-refractivity contribution in [1.29, 1.82) is 0 Å². The number of pyridine rings is 1. The third-order valence-electron chi connectivity index (χ3n) is 2.18. The van der Waals surface area contributed by atoms with E-state index in [2.05, 4.69) is 20.9 Å². The number of anilines is 1. The SMILES string of the molecule is Nc1c(-c2ccccc2Cl)cnc(Cl)c1Br. The molecular weight excluding hydrogens is 311 g/mol. The molecule has 82 valence electrons. The summed E-state index contributed by atoms with van der Waals surface area (Å²) < 4.78 is 0.589. The van der Waals surface area contributed by atoms with Gasteiger partial charge in [-0.3, -0.25) is 0 Å². The first-order valence-corrected chi connectivity index (χ1v) is 6.00. The fraction of sp³-hybridized carbons (Fsp3) is 0. The first-order valence-electron chi connectivity index (χ1n) is 4.45. The van der Waals surface area contributed by atoms with E-state index in [9.17, 15) is 0 Å². The van der Waals surface area contributed by atoms with E-state index in [0.29, 0.717) is 20.3 Å². The summed E-state index contributed by atoms with van der Waals surface area (Å²) in [5.41, 5.74) is 8.09. The second-order valence-electron chi connectivity index (χ2n) is 3.17. The Balaban J connectivity index is 2.66. The lowest BCUT2D eigenvalue weighted by atomic mass is 10.1. The number of halogens is 3. The largest absolute Gasteiger partial charge is 0.397 e. The minimum atomic E-state index is 0.341. The molecule has 0 fully saturated rings. The number of benzene rings is 1. The van der Waals surface area contributed by atoms with Crippen molar-refractivity contribution in [1.82, 2.24) is 4.98 Å². The van der Waals surface area contributed by atoms with Gasteiger partial charge >= 0.3 is 0 Å². The summed E-state index contributed by atoms with van der Waals surface area (Å²) in [7, 11) is 0. The van der Waals surface area contributed by atoms with E-state index >= 15 is 0 Å². The number of nitrogens with zero attached hydrogens (tertiary/aromatic N) is 1. The summed E-state index contributed by atoms with van der Waals surface area (Å²) in [5.74, 6) is 0. The predicted molar refractivity (Wildman–Crippen MR) is 71.8 cm³/mol. The Kier molecular flexibility index (Phi) is 3.38. The van der Waals surface area contributed by atoms with Crippen LogP contribution in [0.2, 0.25) is 10.2 Å². The van der Waals surface area contributed by atoms with Gasteiger partial charge in [-0.05, 0) is 22.0 Å². The molecule has 0 amide bonds. The van der Waals surface area contributed by atoms with Crippen LogP contribution in [0.4, 0.5) is 5.69 Å². The first kappa shape index (κ1) is 11.7. The van der Waals surface area contributed by atoms with Gasteiger partial charge in [0, 0.05) is 22.3 Å². The summed E-state index contributed by atoms with van der Waals surface area (Å²) in [4.78, 5) is 4.04. The minimum Gasteiger partial charge on any atom is -0.397 e. The van der Waals surface area contributed by atoms with Crippen LogP contribution in [-0.2, 0) is 0 Å². The summed E-state index contributed by atoms with van der Waals surface area (Å²) in [5, 5.41) is 0.971. The van der Waals surface area contributed by atoms with Gasteiger partial charge in [-0.15, -0.1) is 0 Å². The van der Waals surface area contributed by atoms with Crippen molar-refractivity contribution in [2.24, 2.45) is 0 Å². The molecule has 1 aromatic heterocycles. The highest BCUT2D eigenvalue weighted by Gasteiger charge is 2.12. The van der Waals surface area contributed by atoms with E-state index in [1.54, 1.807) is 12.3 Å². The third kappa shape index (κ3) is 2.03. The fourth-order valence-electron chi connectivity index (χ4n) is 1.37. The second kappa shape index (κ2) is 4.62. The van der Waals surface area contributed by atoms with E-state index in [0.717, 1.165) is 11.1 Å². The molecule has 0 atom stereocenters. The molecule has 0 bridgehead atoms. The van der Waals surface area contributed by atoms with Crippen LogP contribution >= 0.6 is 39.1 Å². The van der Waals surface area contributed by atoms with Crippen molar-refractivity contribution in [3.8, 4) is 11.1 Å². The number of nitrogen functional groups attached to an aromatic ring is 1. The monoisotopic (exact) mass is 316 g/mol. The lowest BCUT2D eigenvalue weighted by Crippen LogP contribution is -1.94. The van der Waals surface area contributed by atoms with Gasteiger partial charge in [0.05, 0.1) is 10.2 Å². The summed E-state index contributed by atoms with van der Waals surface area (Å²) in [6.07, 6.45) is 1.61. The fourth-order valence-corrected chi connectivity index (χ4v) is 2.08. The van der Waals surface area contributed by atoms with Crippen molar-refractivity contribution in [2.75, 3.05) is 5.73 Å². The van der Waals surface area contributed by atoms with Gasteiger partial charge in [0.2, 0.25) is 0 Å². The summed E-state index contributed by atoms with van der Waals surface area (Å²) in [6, 6.07) is 7.44. The molecule has 16 heavy (non-hydrogen) atoms. The third-order valence-corrected chi connectivity index (χ3v) is 3.83. The maximum absolute atomic E-state index is 6.09. The maximum atomic E-state index is 6.09. The maximum Gasteiger partial charge on any atom is 0.145 e. The van der Waals surface area contributed by atoms with E-state index in [4.69, 9.17) is 28.9 Å². The van der Waals surface area contributed by atoms with Gasteiger partial charge < -0.3 is 5.73 Å². The Bertz CT molecular complexity index is 544. The second-order valence-corrected chi connectivity index (χ2v) is 4.73. The zero-order chi connectivity index (χ0) is 11.7. The van der Waals surface area contributed by atoms with E-state index < -0.39 is 0 Å². The Labute approximate surface area is 112 Å². The molecule has 0 aliphatic carbocycles. The molecule has 5 heteroatoms.